The average Bonchev–Trinajstić information content (AvgIpc) is 3.75. The second-order valence-corrected chi connectivity index (χ2v) is 12.2. The first kappa shape index (κ1) is 29.7. The van der Waals surface area contributed by atoms with Gasteiger partial charge in [-0.25, -0.2) is 0 Å². The molecule has 1 aliphatic heterocycles. The summed E-state index contributed by atoms with van der Waals surface area (Å²) in [6, 6.07) is 12.7. The van der Waals surface area contributed by atoms with Crippen molar-refractivity contribution in [3.05, 3.63) is 72.1 Å². The summed E-state index contributed by atoms with van der Waals surface area (Å²) >= 11 is 5.86. The third-order valence-electron chi connectivity index (χ3n) is 9.26. The van der Waals surface area contributed by atoms with Crippen LogP contribution in [-0.4, -0.2) is 68.5 Å². The van der Waals surface area contributed by atoms with E-state index in [1.165, 1.54) is 0 Å². The Bertz CT molecular complexity index is 1700. The maximum absolute atomic E-state index is 14.4. The molecule has 4 aromatic rings. The van der Waals surface area contributed by atoms with Gasteiger partial charge in [0.15, 0.2) is 0 Å². The molecule has 6 N–H and O–H groups in total. The second kappa shape index (κ2) is 12.7. The van der Waals surface area contributed by atoms with Crippen molar-refractivity contribution in [2.75, 3.05) is 5.88 Å². The number of amides is 4. The molecule has 0 unspecified atom stereocenters. The number of carbonyl (C=O) groups is 4. The van der Waals surface area contributed by atoms with E-state index < -0.39 is 35.8 Å². The summed E-state index contributed by atoms with van der Waals surface area (Å²) in [6.45, 7) is 0. The zero-order valence-electron chi connectivity index (χ0n) is 24.4. The average molecular weight is 617 g/mol. The minimum Gasteiger partial charge on any atom is -0.368 e. The third kappa shape index (κ3) is 5.91. The normalized spacial score (nSPS) is 21.1. The summed E-state index contributed by atoms with van der Waals surface area (Å²) in [6.07, 6.45) is 8.27. The predicted molar refractivity (Wildman–Crippen MR) is 169 cm³/mol. The number of aromatic amines is 2. The summed E-state index contributed by atoms with van der Waals surface area (Å²) in [5.41, 5.74) is 9.38. The highest BCUT2D eigenvalue weighted by Gasteiger charge is 2.49. The number of carbonyl (C=O) groups excluding carboxylic acids is 4. The van der Waals surface area contributed by atoms with E-state index in [1.54, 1.807) is 4.90 Å². The van der Waals surface area contributed by atoms with Crippen molar-refractivity contribution in [3.8, 4) is 0 Å². The highest BCUT2D eigenvalue weighted by Crippen LogP contribution is 2.40. The van der Waals surface area contributed by atoms with Crippen molar-refractivity contribution in [2.45, 2.75) is 69.1 Å². The quantitative estimate of drug-likeness (QED) is 0.174. The SMILES string of the molecule is NC(=O)[C@H](Cc1c[nH]c2ccccc12)NC(=O)[C@@H]1C[C@H]2CCCC[C@@H]2N1C(=O)[C@H](Cc1c[nH]c2ccccc12)NC(=O)CCl. The molecule has 3 heterocycles. The molecule has 2 aromatic carbocycles. The molecule has 230 valence electrons. The smallest absolute Gasteiger partial charge is 0.246 e. The van der Waals surface area contributed by atoms with Crippen LogP contribution in [0.25, 0.3) is 21.8 Å². The summed E-state index contributed by atoms with van der Waals surface area (Å²) in [5, 5.41) is 7.61. The lowest BCUT2D eigenvalue weighted by Crippen LogP contribution is -2.58. The molecule has 1 saturated carbocycles. The van der Waals surface area contributed by atoms with Crippen LogP contribution in [0.4, 0.5) is 0 Å². The molecule has 1 aliphatic carbocycles. The van der Waals surface area contributed by atoms with Gasteiger partial charge in [-0.05, 0) is 48.4 Å². The minimum absolute atomic E-state index is 0.133. The molecule has 11 heteroatoms. The predicted octanol–water partition coefficient (Wildman–Crippen LogP) is 3.29. The number of rotatable bonds is 10. The Hall–Kier alpha value is -4.31. The molecule has 2 aliphatic rings. The topological polar surface area (TPSA) is 153 Å². The van der Waals surface area contributed by atoms with Gasteiger partial charge >= 0.3 is 0 Å². The number of nitrogens with two attached hydrogens (primary N) is 1. The molecule has 4 amide bonds. The zero-order valence-corrected chi connectivity index (χ0v) is 25.1. The molecule has 0 radical (unpaired) electrons. The van der Waals surface area contributed by atoms with Crippen molar-refractivity contribution in [2.24, 2.45) is 11.7 Å². The number of alkyl halides is 1. The van der Waals surface area contributed by atoms with Crippen LogP contribution in [-0.2, 0) is 32.0 Å². The number of fused-ring (bicyclic) bond motifs is 3. The zero-order chi connectivity index (χ0) is 30.8. The highest BCUT2D eigenvalue weighted by molar-refractivity contribution is 6.27. The fraction of sp³-hybridized carbons (Fsp3) is 0.394. The number of primary amides is 1. The lowest BCUT2D eigenvalue weighted by Gasteiger charge is -2.36. The first-order valence-electron chi connectivity index (χ1n) is 15.2. The third-order valence-corrected chi connectivity index (χ3v) is 9.50. The van der Waals surface area contributed by atoms with E-state index in [9.17, 15) is 19.2 Å². The van der Waals surface area contributed by atoms with Gasteiger partial charge in [-0.1, -0.05) is 49.2 Å². The van der Waals surface area contributed by atoms with E-state index in [0.717, 1.165) is 58.6 Å². The maximum Gasteiger partial charge on any atom is 0.246 e. The maximum atomic E-state index is 14.4. The first-order chi connectivity index (χ1) is 21.3. The van der Waals surface area contributed by atoms with Gasteiger partial charge in [-0.2, -0.15) is 0 Å². The molecular weight excluding hydrogens is 580 g/mol. The number of benzene rings is 2. The largest absolute Gasteiger partial charge is 0.368 e. The molecule has 0 bridgehead atoms. The Balaban J connectivity index is 1.27. The van der Waals surface area contributed by atoms with Gasteiger partial charge in [0.05, 0.1) is 0 Å². The van der Waals surface area contributed by atoms with Gasteiger partial charge in [-0.3, -0.25) is 19.2 Å². The molecule has 2 aromatic heterocycles. The molecule has 1 saturated heterocycles. The number of nitrogens with zero attached hydrogens (tertiary/aromatic N) is 1. The van der Waals surface area contributed by atoms with E-state index in [0.29, 0.717) is 6.42 Å². The van der Waals surface area contributed by atoms with E-state index in [2.05, 4.69) is 20.6 Å². The van der Waals surface area contributed by atoms with Crippen molar-refractivity contribution < 1.29 is 19.2 Å². The van der Waals surface area contributed by atoms with Crippen LogP contribution in [0.5, 0.6) is 0 Å². The van der Waals surface area contributed by atoms with Gasteiger partial charge < -0.3 is 31.2 Å². The molecule has 44 heavy (non-hydrogen) atoms. The van der Waals surface area contributed by atoms with Crippen LogP contribution in [0, 0.1) is 5.92 Å². The van der Waals surface area contributed by atoms with Crippen LogP contribution in [0.1, 0.15) is 43.2 Å². The lowest BCUT2D eigenvalue weighted by atomic mass is 9.84. The number of H-pyrrole nitrogens is 2. The molecule has 2 fully saturated rings. The number of hydrogen-bond acceptors (Lipinski definition) is 4. The van der Waals surface area contributed by atoms with Gasteiger partial charge in [0.1, 0.15) is 24.0 Å². The van der Waals surface area contributed by atoms with E-state index in [4.69, 9.17) is 17.3 Å². The Morgan fingerprint density at radius 1 is 0.864 bits per heavy atom. The van der Waals surface area contributed by atoms with Crippen molar-refractivity contribution >= 4 is 57.0 Å². The van der Waals surface area contributed by atoms with Gasteiger partial charge in [-0.15, -0.1) is 11.6 Å². The standard InChI is InChI=1S/C33H37ClN6O4/c34-16-30(41)38-27(14-21-18-37-25-11-5-3-9-23(21)25)33(44)40-28-12-6-1-7-19(28)15-29(40)32(43)39-26(31(35)42)13-20-17-36-24-10-4-2-8-22(20)24/h2-5,8-11,17-19,26-29,36-37H,1,6-7,12-16H2,(H2,35,42)(H,38,41)(H,39,43)/t19-,26+,27+,28+,29+/m1/s1. The van der Waals surface area contributed by atoms with Crippen molar-refractivity contribution in [3.63, 3.8) is 0 Å². The molecule has 5 atom stereocenters. The van der Waals surface area contributed by atoms with Crippen molar-refractivity contribution in [1.29, 1.82) is 0 Å². The number of halogens is 1. The summed E-state index contributed by atoms with van der Waals surface area (Å²) < 4.78 is 0. The number of aromatic nitrogens is 2. The number of nitrogens with one attached hydrogen (secondary N) is 4. The van der Waals surface area contributed by atoms with E-state index >= 15 is 0 Å². The Kier molecular flexibility index (Phi) is 8.61. The molecular formula is C33H37ClN6O4. The minimum atomic E-state index is -0.959. The Morgan fingerprint density at radius 2 is 1.45 bits per heavy atom. The summed E-state index contributed by atoms with van der Waals surface area (Å²) in [5.74, 6) is -1.98. The fourth-order valence-electron chi connectivity index (χ4n) is 7.16. The molecule has 10 nitrogen and oxygen atoms in total. The van der Waals surface area contributed by atoms with Crippen LogP contribution >= 0.6 is 11.6 Å². The Labute approximate surface area is 260 Å². The van der Waals surface area contributed by atoms with E-state index in [-0.39, 0.29) is 36.6 Å². The van der Waals surface area contributed by atoms with Crippen LogP contribution in [0.2, 0.25) is 0 Å². The Morgan fingerprint density at radius 3 is 2.07 bits per heavy atom. The first-order valence-corrected chi connectivity index (χ1v) is 15.7. The molecule has 0 spiro atoms. The van der Waals surface area contributed by atoms with Crippen LogP contribution in [0.3, 0.4) is 0 Å². The fourth-order valence-corrected chi connectivity index (χ4v) is 7.23. The van der Waals surface area contributed by atoms with Crippen LogP contribution < -0.4 is 16.4 Å². The number of para-hydroxylation sites is 2. The van der Waals surface area contributed by atoms with Gasteiger partial charge in [0.25, 0.3) is 0 Å². The van der Waals surface area contributed by atoms with E-state index in [1.807, 2.05) is 60.9 Å². The summed E-state index contributed by atoms with van der Waals surface area (Å²) in [7, 11) is 0. The number of likely N-dealkylation sites (tertiary alicyclic amines) is 1. The lowest BCUT2D eigenvalue weighted by molar-refractivity contribution is -0.144. The monoisotopic (exact) mass is 616 g/mol. The van der Waals surface area contributed by atoms with Crippen molar-refractivity contribution in [1.82, 2.24) is 25.5 Å². The number of hydrogen-bond donors (Lipinski definition) is 5. The van der Waals surface area contributed by atoms with Gasteiger partial charge in [0, 0.05) is 53.1 Å². The second-order valence-electron chi connectivity index (χ2n) is 12.0. The summed E-state index contributed by atoms with van der Waals surface area (Å²) in [4.78, 5) is 61.6. The molecule has 6 rings (SSSR count). The van der Waals surface area contributed by atoms with Gasteiger partial charge in [0.2, 0.25) is 23.6 Å². The highest BCUT2D eigenvalue weighted by atomic mass is 35.5. The van der Waals surface area contributed by atoms with Crippen LogP contribution in [0.15, 0.2) is 60.9 Å².